The molecular weight excluding hydrogens is 172 g/mol. The van der Waals surface area contributed by atoms with Gasteiger partial charge in [-0.05, 0) is 12.8 Å². The largest absolute Gasteiger partial charge is 0.385 e. The molecule has 0 aliphatic carbocycles. The number of hydrogen-bond acceptors (Lipinski definition) is 4. The second kappa shape index (κ2) is 5.34. The fourth-order valence-electron chi connectivity index (χ4n) is 0.873. The van der Waals surface area contributed by atoms with Crippen LogP contribution < -0.4 is 0 Å². The average molecular weight is 188 g/mol. The molecule has 1 fully saturated rings. The molecule has 0 amide bonds. The molecule has 0 atom stereocenters. The topological polar surface area (TPSA) is 43.5 Å². The Labute approximate surface area is 78.3 Å². The average Bonchev–Trinajstić information content (AvgIpc) is 2.91. The fourth-order valence-corrected chi connectivity index (χ4v) is 0.873. The summed E-state index contributed by atoms with van der Waals surface area (Å²) in [6.45, 7) is 3.30. The van der Waals surface area contributed by atoms with Crippen molar-refractivity contribution < 1.29 is 19.2 Å². The molecule has 1 heterocycles. The van der Waals surface area contributed by atoms with Gasteiger partial charge in [-0.1, -0.05) is 13.0 Å². The summed E-state index contributed by atoms with van der Waals surface area (Å²) < 4.78 is 10.2. The van der Waals surface area contributed by atoms with Crippen molar-refractivity contribution in [1.29, 1.82) is 0 Å². The lowest BCUT2D eigenvalue weighted by molar-refractivity contribution is -0.0235. The van der Waals surface area contributed by atoms with Crippen LogP contribution in [0.2, 0.25) is 0 Å². The number of allylic oxidation sites excluding steroid dienone is 1. The van der Waals surface area contributed by atoms with Crippen LogP contribution in [0.25, 0.3) is 0 Å². The lowest BCUT2D eigenvalue weighted by Crippen LogP contribution is -2.14. The molecule has 0 unspecified atom stereocenters. The van der Waals surface area contributed by atoms with Gasteiger partial charge in [0.05, 0.1) is 6.61 Å². The first-order valence-electron chi connectivity index (χ1n) is 4.50. The molecule has 1 aliphatic rings. The van der Waals surface area contributed by atoms with Gasteiger partial charge in [0, 0.05) is 19.8 Å². The van der Waals surface area contributed by atoms with Crippen LogP contribution in [0, 0.1) is 0 Å². The first-order chi connectivity index (χ1) is 6.33. The van der Waals surface area contributed by atoms with Gasteiger partial charge in [0.15, 0.2) is 0 Å². The van der Waals surface area contributed by atoms with E-state index >= 15 is 0 Å². The van der Waals surface area contributed by atoms with Crippen molar-refractivity contribution in [3.63, 3.8) is 0 Å². The number of ether oxygens (including phenoxy) is 2. The van der Waals surface area contributed by atoms with Gasteiger partial charge >= 0.3 is 5.97 Å². The van der Waals surface area contributed by atoms with Gasteiger partial charge in [0.1, 0.15) is 0 Å². The zero-order valence-electron chi connectivity index (χ0n) is 8.12. The van der Waals surface area contributed by atoms with Crippen LogP contribution in [0.4, 0.5) is 0 Å². The van der Waals surface area contributed by atoms with E-state index in [9.17, 15) is 0 Å². The molecular formula is C9H16O4. The Kier molecular flexibility index (Phi) is 4.38. The number of methoxy groups -OCH3 is 1. The molecule has 0 aromatic heterocycles. The minimum Gasteiger partial charge on any atom is -0.385 e. The Morgan fingerprint density at radius 2 is 2.08 bits per heavy atom. The highest BCUT2D eigenvalue weighted by atomic mass is 17.4. The quantitative estimate of drug-likeness (QED) is 0.263. The summed E-state index contributed by atoms with van der Waals surface area (Å²) in [5, 5.41) is 0. The molecule has 13 heavy (non-hydrogen) atoms. The lowest BCUT2D eigenvalue weighted by atomic mass is 10.4. The van der Waals surface area contributed by atoms with Crippen molar-refractivity contribution in [3.8, 4) is 0 Å². The second-order valence-electron chi connectivity index (χ2n) is 2.78. The summed E-state index contributed by atoms with van der Waals surface area (Å²) in [5.41, 5.74) is 0. The highest BCUT2D eigenvalue weighted by molar-refractivity contribution is 4.92. The molecule has 1 aliphatic heterocycles. The van der Waals surface area contributed by atoms with Gasteiger partial charge in [-0.15, -0.1) is 0 Å². The van der Waals surface area contributed by atoms with Crippen molar-refractivity contribution in [2.75, 3.05) is 20.3 Å². The molecule has 0 bridgehead atoms. The monoisotopic (exact) mass is 188 g/mol. The summed E-state index contributed by atoms with van der Waals surface area (Å²) in [7, 11) is 1.66. The summed E-state index contributed by atoms with van der Waals surface area (Å²) in [6.07, 6.45) is 5.50. The zero-order valence-corrected chi connectivity index (χ0v) is 8.12. The number of rotatable bonds is 7. The molecule has 0 N–H and O–H groups in total. The normalized spacial score (nSPS) is 19.5. The van der Waals surface area contributed by atoms with Gasteiger partial charge < -0.3 is 9.47 Å². The van der Waals surface area contributed by atoms with Crippen LogP contribution in [0.5, 0.6) is 0 Å². The minimum absolute atomic E-state index is 0.571. The maximum atomic E-state index is 5.33. The molecule has 0 saturated carbocycles. The maximum absolute atomic E-state index is 5.33. The Morgan fingerprint density at radius 1 is 1.31 bits per heavy atom. The second-order valence-corrected chi connectivity index (χ2v) is 2.78. The van der Waals surface area contributed by atoms with Crippen molar-refractivity contribution in [2.45, 2.75) is 25.7 Å². The molecule has 4 nitrogen and oxygen atoms in total. The molecule has 0 spiro atoms. The third kappa shape index (κ3) is 3.87. The minimum atomic E-state index is -0.885. The standard InChI is InChI=1S/C9H16O4/c1-3-4-6-9(12-13-9)11-8-5-7-10-2/h4,6H,3,5,7-8H2,1-2H3. The van der Waals surface area contributed by atoms with Crippen LogP contribution in [0.1, 0.15) is 19.8 Å². The van der Waals surface area contributed by atoms with E-state index in [1.54, 1.807) is 13.2 Å². The van der Waals surface area contributed by atoms with Crippen LogP contribution >= 0.6 is 0 Å². The van der Waals surface area contributed by atoms with E-state index in [1.807, 2.05) is 13.0 Å². The van der Waals surface area contributed by atoms with E-state index in [4.69, 9.17) is 19.2 Å². The summed E-state index contributed by atoms with van der Waals surface area (Å²) in [4.78, 5) is 9.46. The molecule has 0 aromatic carbocycles. The highest BCUT2D eigenvalue weighted by Crippen LogP contribution is 2.32. The van der Waals surface area contributed by atoms with E-state index in [0.29, 0.717) is 13.2 Å². The van der Waals surface area contributed by atoms with E-state index in [-0.39, 0.29) is 0 Å². The maximum Gasteiger partial charge on any atom is 0.360 e. The molecule has 4 heteroatoms. The van der Waals surface area contributed by atoms with Crippen molar-refractivity contribution in [2.24, 2.45) is 0 Å². The Hall–Kier alpha value is -0.420. The van der Waals surface area contributed by atoms with Crippen molar-refractivity contribution in [3.05, 3.63) is 12.2 Å². The lowest BCUT2D eigenvalue weighted by Gasteiger charge is -2.03. The molecule has 0 radical (unpaired) electrons. The van der Waals surface area contributed by atoms with Gasteiger partial charge in [-0.3, -0.25) is 0 Å². The predicted octanol–water partition coefficient (Wildman–Crippen LogP) is 1.62. The molecule has 1 rings (SSSR count). The van der Waals surface area contributed by atoms with Gasteiger partial charge in [-0.2, -0.15) is 9.78 Å². The summed E-state index contributed by atoms with van der Waals surface area (Å²) in [5.74, 6) is -0.885. The SMILES string of the molecule is CCC=CC1(OCCCOC)OO1. The Bertz CT molecular complexity index is 163. The first-order valence-corrected chi connectivity index (χ1v) is 4.50. The molecule has 76 valence electrons. The number of hydrogen-bond donors (Lipinski definition) is 0. The Morgan fingerprint density at radius 3 is 2.62 bits per heavy atom. The van der Waals surface area contributed by atoms with Crippen LogP contribution in [-0.4, -0.2) is 26.3 Å². The van der Waals surface area contributed by atoms with E-state index in [1.165, 1.54) is 0 Å². The summed E-state index contributed by atoms with van der Waals surface area (Å²) in [6, 6.07) is 0. The van der Waals surface area contributed by atoms with E-state index < -0.39 is 5.97 Å². The van der Waals surface area contributed by atoms with E-state index in [0.717, 1.165) is 12.8 Å². The predicted molar refractivity (Wildman–Crippen MR) is 46.8 cm³/mol. The smallest absolute Gasteiger partial charge is 0.360 e. The molecule has 0 aromatic rings. The van der Waals surface area contributed by atoms with Gasteiger partial charge in [-0.25, -0.2) is 0 Å². The van der Waals surface area contributed by atoms with Crippen molar-refractivity contribution in [1.82, 2.24) is 0 Å². The first kappa shape index (κ1) is 10.7. The fraction of sp³-hybridized carbons (Fsp3) is 0.778. The van der Waals surface area contributed by atoms with Crippen LogP contribution in [0.15, 0.2) is 12.2 Å². The highest BCUT2D eigenvalue weighted by Gasteiger charge is 2.48. The van der Waals surface area contributed by atoms with Crippen molar-refractivity contribution >= 4 is 0 Å². The third-order valence-electron chi connectivity index (χ3n) is 1.60. The van der Waals surface area contributed by atoms with Crippen LogP contribution in [-0.2, 0) is 19.2 Å². The summed E-state index contributed by atoms with van der Waals surface area (Å²) >= 11 is 0. The third-order valence-corrected chi connectivity index (χ3v) is 1.60. The van der Waals surface area contributed by atoms with Gasteiger partial charge in [0.2, 0.25) is 0 Å². The van der Waals surface area contributed by atoms with Gasteiger partial charge in [0.25, 0.3) is 0 Å². The van der Waals surface area contributed by atoms with E-state index in [2.05, 4.69) is 0 Å². The molecule has 1 saturated heterocycles. The van der Waals surface area contributed by atoms with Crippen LogP contribution in [0.3, 0.4) is 0 Å². The Balaban J connectivity index is 2.09. The zero-order chi connectivity index (χ0) is 9.57.